The van der Waals surface area contributed by atoms with Crippen molar-refractivity contribution in [3.8, 4) is 0 Å². The van der Waals surface area contributed by atoms with Crippen molar-refractivity contribution in [3.05, 3.63) is 23.8 Å². The predicted molar refractivity (Wildman–Crippen MR) is 102 cm³/mol. The van der Waals surface area contributed by atoms with Gasteiger partial charge in [0, 0.05) is 6.42 Å². The first-order valence-corrected chi connectivity index (χ1v) is 9.27. The molecule has 2 atom stereocenters. The minimum Gasteiger partial charge on any atom is -0.372 e. The molecule has 1 aliphatic rings. The Morgan fingerprint density at radius 3 is 2.59 bits per heavy atom. The lowest BCUT2D eigenvalue weighted by Crippen LogP contribution is -2.42. The largest absolute Gasteiger partial charge is 0.372 e. The SMILES string of the molecule is CC(C)[C@@H]1Nc2ccc(C(CCCCCC(=O)NO)C(N)=O)cc2NC1=O. The number of hydrogen-bond acceptors (Lipinski definition) is 5. The zero-order chi connectivity index (χ0) is 20.0. The molecule has 8 nitrogen and oxygen atoms in total. The van der Waals surface area contributed by atoms with Crippen molar-refractivity contribution < 1.29 is 19.6 Å². The van der Waals surface area contributed by atoms with Crippen LogP contribution in [0.2, 0.25) is 0 Å². The normalized spacial score (nSPS) is 16.9. The van der Waals surface area contributed by atoms with Crippen LogP contribution in [0.3, 0.4) is 0 Å². The minimum absolute atomic E-state index is 0.0903. The van der Waals surface area contributed by atoms with E-state index in [1.54, 1.807) is 11.5 Å². The standard InChI is InChI=1S/C19H28N4O4/c1-11(2)17-19(26)22-15-10-12(8-9-14(15)21-17)13(18(20)25)6-4-3-5-7-16(24)23-27/h8-11,13,17,21,27H,3-7H2,1-2H3,(H2,20,25)(H,22,26)(H,23,24)/t13?,17-/m0/s1. The Kier molecular flexibility index (Phi) is 7.18. The summed E-state index contributed by atoms with van der Waals surface area (Å²) < 4.78 is 0. The molecule has 0 aliphatic carbocycles. The van der Waals surface area contributed by atoms with Gasteiger partial charge in [0.05, 0.1) is 17.3 Å². The van der Waals surface area contributed by atoms with Gasteiger partial charge in [0.2, 0.25) is 17.7 Å². The van der Waals surface area contributed by atoms with Crippen LogP contribution in [0.1, 0.15) is 57.4 Å². The van der Waals surface area contributed by atoms with E-state index in [9.17, 15) is 14.4 Å². The van der Waals surface area contributed by atoms with E-state index in [1.165, 1.54) is 0 Å². The van der Waals surface area contributed by atoms with E-state index in [2.05, 4.69) is 10.6 Å². The van der Waals surface area contributed by atoms with E-state index in [0.717, 1.165) is 24.1 Å². The van der Waals surface area contributed by atoms with Gasteiger partial charge in [-0.3, -0.25) is 19.6 Å². The van der Waals surface area contributed by atoms with Crippen LogP contribution in [0, 0.1) is 5.92 Å². The molecule has 1 unspecified atom stereocenters. The molecule has 0 saturated heterocycles. The Labute approximate surface area is 158 Å². The number of primary amides is 1. The Morgan fingerprint density at radius 2 is 1.96 bits per heavy atom. The van der Waals surface area contributed by atoms with E-state index in [4.69, 9.17) is 10.9 Å². The van der Waals surface area contributed by atoms with Crippen LogP contribution in [0.15, 0.2) is 18.2 Å². The molecule has 0 radical (unpaired) electrons. The van der Waals surface area contributed by atoms with Crippen LogP contribution >= 0.6 is 0 Å². The lowest BCUT2D eigenvalue weighted by Gasteiger charge is -2.30. The lowest BCUT2D eigenvalue weighted by molar-refractivity contribution is -0.129. The third-order valence-electron chi connectivity index (χ3n) is 4.83. The van der Waals surface area contributed by atoms with E-state index >= 15 is 0 Å². The summed E-state index contributed by atoms with van der Waals surface area (Å²) in [7, 11) is 0. The van der Waals surface area contributed by atoms with Gasteiger partial charge >= 0.3 is 0 Å². The summed E-state index contributed by atoms with van der Waals surface area (Å²) in [4.78, 5) is 35.1. The highest BCUT2D eigenvalue weighted by Crippen LogP contribution is 2.33. The molecular weight excluding hydrogens is 348 g/mol. The molecule has 1 heterocycles. The molecule has 27 heavy (non-hydrogen) atoms. The number of fused-ring (bicyclic) bond motifs is 1. The van der Waals surface area contributed by atoms with Crippen molar-refractivity contribution in [2.75, 3.05) is 10.6 Å². The zero-order valence-corrected chi connectivity index (χ0v) is 15.7. The number of carbonyl (C=O) groups excluding carboxylic acids is 3. The molecule has 6 N–H and O–H groups in total. The minimum atomic E-state index is -0.457. The van der Waals surface area contributed by atoms with Gasteiger partial charge in [-0.1, -0.05) is 32.8 Å². The van der Waals surface area contributed by atoms with Crippen LogP contribution in [0.5, 0.6) is 0 Å². The Balaban J connectivity index is 2.02. The number of rotatable bonds is 9. The highest BCUT2D eigenvalue weighted by Gasteiger charge is 2.29. The second kappa shape index (κ2) is 9.36. The van der Waals surface area contributed by atoms with E-state index in [-0.39, 0.29) is 24.3 Å². The molecule has 1 aliphatic heterocycles. The van der Waals surface area contributed by atoms with Gasteiger partial charge < -0.3 is 16.4 Å². The number of hydrogen-bond donors (Lipinski definition) is 5. The molecule has 0 spiro atoms. The summed E-state index contributed by atoms with van der Waals surface area (Å²) >= 11 is 0. The molecule has 0 bridgehead atoms. The zero-order valence-electron chi connectivity index (χ0n) is 15.7. The van der Waals surface area contributed by atoms with Crippen molar-refractivity contribution in [2.45, 2.75) is 57.9 Å². The number of anilines is 2. The van der Waals surface area contributed by atoms with Gasteiger partial charge in [0.15, 0.2) is 0 Å². The third kappa shape index (κ3) is 5.43. The van der Waals surface area contributed by atoms with E-state index in [0.29, 0.717) is 18.5 Å². The molecule has 3 amide bonds. The third-order valence-corrected chi connectivity index (χ3v) is 4.83. The molecule has 1 aromatic carbocycles. The van der Waals surface area contributed by atoms with Crippen molar-refractivity contribution >= 4 is 29.1 Å². The molecule has 0 saturated carbocycles. The van der Waals surface area contributed by atoms with Crippen LogP contribution in [-0.4, -0.2) is 29.0 Å². The maximum absolute atomic E-state index is 12.2. The highest BCUT2D eigenvalue weighted by atomic mass is 16.5. The first-order valence-electron chi connectivity index (χ1n) is 9.27. The van der Waals surface area contributed by atoms with Crippen molar-refractivity contribution in [1.29, 1.82) is 0 Å². The van der Waals surface area contributed by atoms with Crippen LogP contribution in [-0.2, 0) is 14.4 Å². The quantitative estimate of drug-likeness (QED) is 0.256. The lowest BCUT2D eigenvalue weighted by atomic mass is 9.91. The van der Waals surface area contributed by atoms with Gasteiger partial charge in [-0.05, 0) is 36.5 Å². The summed E-state index contributed by atoms with van der Waals surface area (Å²) in [5.74, 6) is -1.23. The fourth-order valence-corrected chi connectivity index (χ4v) is 3.26. The van der Waals surface area contributed by atoms with Gasteiger partial charge in [-0.2, -0.15) is 0 Å². The Bertz CT molecular complexity index is 705. The molecule has 0 aromatic heterocycles. The monoisotopic (exact) mass is 376 g/mol. The fraction of sp³-hybridized carbons (Fsp3) is 0.526. The number of benzene rings is 1. The summed E-state index contributed by atoms with van der Waals surface area (Å²) in [5, 5.41) is 14.6. The van der Waals surface area contributed by atoms with Gasteiger partial charge in [0.1, 0.15) is 6.04 Å². The second-order valence-corrected chi connectivity index (χ2v) is 7.25. The Hall–Kier alpha value is -2.61. The number of carbonyl (C=O) groups is 3. The molecule has 1 aromatic rings. The fourth-order valence-electron chi connectivity index (χ4n) is 3.26. The van der Waals surface area contributed by atoms with Gasteiger partial charge in [-0.15, -0.1) is 0 Å². The Morgan fingerprint density at radius 1 is 1.22 bits per heavy atom. The van der Waals surface area contributed by atoms with Gasteiger partial charge in [0.25, 0.3) is 0 Å². The summed E-state index contributed by atoms with van der Waals surface area (Å²) in [5.41, 5.74) is 9.42. The van der Waals surface area contributed by atoms with Crippen molar-refractivity contribution in [3.63, 3.8) is 0 Å². The molecule has 0 fully saturated rings. The summed E-state index contributed by atoms with van der Waals surface area (Å²) in [6, 6.07) is 5.23. The maximum atomic E-state index is 12.2. The number of amides is 3. The average molecular weight is 376 g/mol. The highest BCUT2D eigenvalue weighted by molar-refractivity contribution is 6.03. The number of nitrogens with one attached hydrogen (secondary N) is 3. The van der Waals surface area contributed by atoms with Gasteiger partial charge in [-0.25, -0.2) is 5.48 Å². The number of nitrogens with two attached hydrogens (primary N) is 1. The molecule has 8 heteroatoms. The topological polar surface area (TPSA) is 134 Å². The summed E-state index contributed by atoms with van der Waals surface area (Å²) in [6.07, 6.45) is 2.90. The van der Waals surface area contributed by atoms with Crippen LogP contribution in [0.4, 0.5) is 11.4 Å². The average Bonchev–Trinajstić information content (AvgIpc) is 2.62. The van der Waals surface area contributed by atoms with Crippen molar-refractivity contribution in [1.82, 2.24) is 5.48 Å². The smallest absolute Gasteiger partial charge is 0.247 e. The molecule has 148 valence electrons. The number of unbranched alkanes of at least 4 members (excludes halogenated alkanes) is 2. The maximum Gasteiger partial charge on any atom is 0.247 e. The summed E-state index contributed by atoms with van der Waals surface area (Å²) in [6.45, 7) is 3.95. The first-order chi connectivity index (χ1) is 12.8. The van der Waals surface area contributed by atoms with E-state index < -0.39 is 17.7 Å². The first kappa shape index (κ1) is 20.7. The van der Waals surface area contributed by atoms with Crippen LogP contribution < -0.4 is 21.8 Å². The van der Waals surface area contributed by atoms with E-state index in [1.807, 2.05) is 26.0 Å². The molecular formula is C19H28N4O4. The van der Waals surface area contributed by atoms with Crippen LogP contribution in [0.25, 0.3) is 0 Å². The number of hydroxylamine groups is 1. The predicted octanol–water partition coefficient (Wildman–Crippen LogP) is 2.10. The molecule has 2 rings (SSSR count). The van der Waals surface area contributed by atoms with Crippen molar-refractivity contribution in [2.24, 2.45) is 11.7 Å². The second-order valence-electron chi connectivity index (χ2n) is 7.25.